The van der Waals surface area contributed by atoms with Gasteiger partial charge in [0.05, 0.1) is 0 Å². The van der Waals surface area contributed by atoms with Crippen LogP contribution in [0.5, 0.6) is 0 Å². The van der Waals surface area contributed by atoms with Gasteiger partial charge in [0.25, 0.3) is 0 Å². The van der Waals surface area contributed by atoms with E-state index in [0.717, 1.165) is 76.3 Å². The number of pyridine rings is 2. The highest BCUT2D eigenvalue weighted by molar-refractivity contribution is 5.87. The fourth-order valence-corrected chi connectivity index (χ4v) is 7.68. The third kappa shape index (κ3) is 6.69. The van der Waals surface area contributed by atoms with Gasteiger partial charge in [-0.3, -0.25) is 9.97 Å². The number of fused-ring (bicyclic) bond motifs is 6. The van der Waals surface area contributed by atoms with E-state index in [1.165, 1.54) is 66.6 Å². The molecule has 2 aromatic carbocycles. The first-order valence-corrected chi connectivity index (χ1v) is 17.6. The molecule has 0 bridgehead atoms. The summed E-state index contributed by atoms with van der Waals surface area (Å²) >= 11 is 0. The summed E-state index contributed by atoms with van der Waals surface area (Å²) in [5.41, 5.74) is 16.4. The fourth-order valence-electron chi connectivity index (χ4n) is 7.68. The summed E-state index contributed by atoms with van der Waals surface area (Å²) in [6, 6.07) is 22.4. The molecule has 0 saturated heterocycles. The maximum Gasteiger partial charge on any atom is 0.0486 e. The molecule has 0 amide bonds. The van der Waals surface area contributed by atoms with Crippen LogP contribution in [-0.2, 0) is 51.9 Å². The summed E-state index contributed by atoms with van der Waals surface area (Å²) in [4.78, 5) is 13.7. The van der Waals surface area contributed by atoms with E-state index in [-0.39, 0.29) is 0 Å². The minimum Gasteiger partial charge on any atom is -0.344 e. The van der Waals surface area contributed by atoms with Gasteiger partial charge in [-0.1, -0.05) is 35.4 Å². The van der Waals surface area contributed by atoms with Crippen LogP contribution in [0.1, 0.15) is 56.2 Å². The molecule has 4 aromatic heterocycles. The first-order chi connectivity index (χ1) is 23.2. The molecule has 0 N–H and O–H groups in total. The zero-order valence-electron chi connectivity index (χ0n) is 29.7. The minimum absolute atomic E-state index is 1.03. The number of hydrogen-bond donors (Lipinski definition) is 0. The quantitative estimate of drug-likeness (QED) is 0.187. The maximum absolute atomic E-state index is 4.43. The number of aromatic nitrogens is 4. The van der Waals surface area contributed by atoms with Crippen LogP contribution in [0.3, 0.4) is 0 Å². The summed E-state index contributed by atoms with van der Waals surface area (Å²) in [6.45, 7) is 14.9. The van der Waals surface area contributed by atoms with Crippen LogP contribution < -0.4 is 0 Å². The third-order valence-corrected chi connectivity index (χ3v) is 10.4. The Hall–Kier alpha value is -4.26. The average Bonchev–Trinajstić information content (AvgIpc) is 3.54. The Morgan fingerprint density at radius 2 is 1.00 bits per heavy atom. The van der Waals surface area contributed by atoms with Gasteiger partial charge < -0.3 is 18.9 Å². The molecule has 8 rings (SSSR count). The van der Waals surface area contributed by atoms with Gasteiger partial charge in [-0.25, -0.2) is 0 Å². The van der Waals surface area contributed by atoms with Crippen molar-refractivity contribution >= 4 is 21.8 Å². The van der Waals surface area contributed by atoms with Crippen molar-refractivity contribution in [3.63, 3.8) is 0 Å². The van der Waals surface area contributed by atoms with Crippen molar-refractivity contribution in [2.45, 2.75) is 79.6 Å². The topological polar surface area (TPSA) is 42.1 Å². The van der Waals surface area contributed by atoms with Crippen LogP contribution in [0.2, 0.25) is 0 Å². The van der Waals surface area contributed by atoms with Crippen molar-refractivity contribution in [3.05, 3.63) is 129 Å². The largest absolute Gasteiger partial charge is 0.344 e. The second-order valence-corrected chi connectivity index (χ2v) is 14.3. The fraction of sp³-hybridized carbons (Fsp3) is 0.381. The van der Waals surface area contributed by atoms with Gasteiger partial charge in [0.15, 0.2) is 0 Å². The van der Waals surface area contributed by atoms with Crippen LogP contribution in [0.4, 0.5) is 0 Å². The second kappa shape index (κ2) is 13.7. The Bertz CT molecular complexity index is 1900. The zero-order valence-corrected chi connectivity index (χ0v) is 29.7. The lowest BCUT2D eigenvalue weighted by Gasteiger charge is -2.24. The lowest BCUT2D eigenvalue weighted by molar-refractivity contribution is 0.309. The van der Waals surface area contributed by atoms with Crippen LogP contribution in [0.25, 0.3) is 21.8 Å². The van der Waals surface area contributed by atoms with Crippen molar-refractivity contribution in [1.82, 2.24) is 28.9 Å². The molecule has 6 aromatic rings. The Labute approximate surface area is 286 Å². The Morgan fingerprint density at radius 3 is 1.40 bits per heavy atom. The first kappa shape index (κ1) is 32.3. The molecule has 0 radical (unpaired) electrons. The summed E-state index contributed by atoms with van der Waals surface area (Å²) in [5, 5.41) is 2.89. The lowest BCUT2D eigenvalue weighted by atomic mass is 10.0. The minimum atomic E-state index is 1.03. The van der Waals surface area contributed by atoms with Crippen molar-refractivity contribution in [2.75, 3.05) is 27.2 Å². The zero-order chi connectivity index (χ0) is 33.4. The lowest BCUT2D eigenvalue weighted by Crippen LogP contribution is -2.27. The first-order valence-electron chi connectivity index (χ1n) is 17.6. The Balaban J connectivity index is 0.000000152. The second-order valence-electron chi connectivity index (χ2n) is 14.3. The average molecular weight is 639 g/mol. The van der Waals surface area contributed by atoms with Crippen molar-refractivity contribution in [3.8, 4) is 0 Å². The molecule has 6 nitrogen and oxygen atoms in total. The van der Waals surface area contributed by atoms with Crippen LogP contribution in [0.15, 0.2) is 73.1 Å². The number of nitrogens with zero attached hydrogens (tertiary/aromatic N) is 6. The van der Waals surface area contributed by atoms with Gasteiger partial charge in [-0.2, -0.15) is 0 Å². The van der Waals surface area contributed by atoms with Gasteiger partial charge in [0, 0.05) is 109 Å². The van der Waals surface area contributed by atoms with Gasteiger partial charge in [0.2, 0.25) is 0 Å². The molecule has 0 aliphatic carbocycles. The van der Waals surface area contributed by atoms with E-state index in [1.54, 1.807) is 0 Å². The van der Waals surface area contributed by atoms with E-state index in [2.05, 4.69) is 118 Å². The predicted octanol–water partition coefficient (Wildman–Crippen LogP) is 7.77. The maximum atomic E-state index is 4.43. The summed E-state index contributed by atoms with van der Waals surface area (Å²) in [5.74, 6) is 0. The third-order valence-electron chi connectivity index (χ3n) is 10.4. The van der Waals surface area contributed by atoms with Crippen LogP contribution in [0, 0.1) is 27.7 Å². The molecular formula is C42H50N6. The van der Waals surface area contributed by atoms with Crippen molar-refractivity contribution in [2.24, 2.45) is 0 Å². The van der Waals surface area contributed by atoms with E-state index >= 15 is 0 Å². The normalized spacial score (nSPS) is 15.0. The van der Waals surface area contributed by atoms with E-state index in [4.69, 9.17) is 0 Å². The number of aryl methyl sites for hydroxylation is 8. The highest BCUT2D eigenvalue weighted by Crippen LogP contribution is 2.33. The number of rotatable bonds is 6. The summed E-state index contributed by atoms with van der Waals surface area (Å²) < 4.78 is 5.11. The highest BCUT2D eigenvalue weighted by atomic mass is 15.1. The molecule has 48 heavy (non-hydrogen) atoms. The molecule has 2 aliphatic rings. The molecule has 0 fully saturated rings. The molecule has 248 valence electrons. The molecule has 0 saturated carbocycles. The number of benzene rings is 2. The standard InChI is InChI=1S/2C21H25N3/c2*1-15-4-7-20-18(12-15)19-14-23(3)10-9-21(19)24(20)11-8-17-6-5-16(2)22-13-17/h2*4-7,12-13H,8-11,14H2,1-3H3. The molecule has 0 spiro atoms. The van der Waals surface area contributed by atoms with Crippen molar-refractivity contribution in [1.29, 1.82) is 0 Å². The van der Waals surface area contributed by atoms with Gasteiger partial charge >= 0.3 is 0 Å². The molecule has 0 unspecified atom stereocenters. The predicted molar refractivity (Wildman–Crippen MR) is 199 cm³/mol. The Morgan fingerprint density at radius 1 is 0.562 bits per heavy atom. The summed E-state index contributed by atoms with van der Waals surface area (Å²) in [7, 11) is 4.44. The molecular weight excluding hydrogens is 589 g/mol. The molecule has 6 heteroatoms. The highest BCUT2D eigenvalue weighted by Gasteiger charge is 2.23. The van der Waals surface area contributed by atoms with Crippen LogP contribution >= 0.6 is 0 Å². The smallest absolute Gasteiger partial charge is 0.0486 e. The Kier molecular flexibility index (Phi) is 9.21. The number of likely N-dealkylation sites (N-methyl/N-ethyl adjacent to an activating group) is 2. The molecule has 6 heterocycles. The van der Waals surface area contributed by atoms with E-state index in [1.807, 2.05) is 26.2 Å². The van der Waals surface area contributed by atoms with Gasteiger partial charge in [-0.15, -0.1) is 0 Å². The van der Waals surface area contributed by atoms with E-state index in [0.29, 0.717) is 0 Å². The van der Waals surface area contributed by atoms with Gasteiger partial charge in [0.1, 0.15) is 0 Å². The SMILES string of the molecule is Cc1ccc2c(c1)c1c(n2CCc2ccc(C)nc2)CCN(C)C1.Cc1ccc2c(c1)c1c(n2CCc2ccc(C)nc2)CCN(C)C1. The molecule has 0 atom stereocenters. The summed E-state index contributed by atoms with van der Waals surface area (Å²) in [6.07, 6.45) is 8.40. The monoisotopic (exact) mass is 638 g/mol. The number of hydrogen-bond acceptors (Lipinski definition) is 4. The van der Waals surface area contributed by atoms with Gasteiger partial charge in [-0.05, 0) is 113 Å². The van der Waals surface area contributed by atoms with Crippen molar-refractivity contribution < 1.29 is 0 Å². The van der Waals surface area contributed by atoms with Crippen LogP contribution in [-0.4, -0.2) is 56.1 Å². The van der Waals surface area contributed by atoms with E-state index < -0.39 is 0 Å². The molecule has 2 aliphatic heterocycles. The van der Waals surface area contributed by atoms with E-state index in [9.17, 15) is 0 Å².